The molecule has 1 saturated heterocycles. The number of rotatable bonds is 4. The van der Waals surface area contributed by atoms with Crippen LogP contribution in [0.5, 0.6) is 5.75 Å². The van der Waals surface area contributed by atoms with E-state index < -0.39 is 10.0 Å². The summed E-state index contributed by atoms with van der Waals surface area (Å²) in [5.41, 5.74) is 3.67. The first kappa shape index (κ1) is 20.1. The number of methoxy groups -OCH3 is 1. The average molecular weight is 419 g/mol. The van der Waals surface area contributed by atoms with Crippen LogP contribution in [0.3, 0.4) is 0 Å². The maximum absolute atomic E-state index is 13.4. The van der Waals surface area contributed by atoms with E-state index in [0.717, 1.165) is 35.5 Å². The highest BCUT2D eigenvalue weighted by Crippen LogP contribution is 2.32. The molecule has 0 radical (unpaired) electrons. The predicted molar refractivity (Wildman–Crippen MR) is 109 cm³/mol. The molecule has 9 heteroatoms. The van der Waals surface area contributed by atoms with Gasteiger partial charge in [-0.15, -0.1) is 0 Å². The Kier molecular flexibility index (Phi) is 5.46. The molecule has 8 nitrogen and oxygen atoms in total. The molecule has 0 spiro atoms. The molecule has 1 fully saturated rings. The second-order valence-electron chi connectivity index (χ2n) is 7.42. The number of fused-ring (bicyclic) bond motifs is 1. The van der Waals surface area contributed by atoms with Crippen molar-refractivity contribution in [3.05, 3.63) is 40.7 Å². The molecule has 1 aromatic carbocycles. The summed E-state index contributed by atoms with van der Waals surface area (Å²) in [6.45, 7) is 7.23. The number of benzene rings is 1. The van der Waals surface area contributed by atoms with E-state index in [1.165, 1.54) is 11.4 Å². The van der Waals surface area contributed by atoms with E-state index in [2.05, 4.69) is 9.88 Å². The molecule has 29 heavy (non-hydrogen) atoms. The molecule has 0 atom stereocenters. The fourth-order valence-corrected chi connectivity index (χ4v) is 5.28. The van der Waals surface area contributed by atoms with Gasteiger partial charge in [-0.05, 0) is 49.1 Å². The van der Waals surface area contributed by atoms with Crippen LogP contribution in [-0.2, 0) is 27.7 Å². The molecule has 2 aliphatic rings. The van der Waals surface area contributed by atoms with Gasteiger partial charge in [-0.1, -0.05) is 0 Å². The molecule has 4 rings (SSSR count). The van der Waals surface area contributed by atoms with Crippen LogP contribution in [0.15, 0.2) is 23.2 Å². The third kappa shape index (κ3) is 3.82. The van der Waals surface area contributed by atoms with E-state index in [9.17, 15) is 8.42 Å². The van der Waals surface area contributed by atoms with Gasteiger partial charge in [0.1, 0.15) is 10.6 Å². The minimum Gasteiger partial charge on any atom is -0.495 e. The Balaban J connectivity index is 1.64. The lowest BCUT2D eigenvalue weighted by Gasteiger charge is -2.30. The van der Waals surface area contributed by atoms with Crippen LogP contribution in [0.2, 0.25) is 0 Å². The zero-order chi connectivity index (χ0) is 20.6. The van der Waals surface area contributed by atoms with Crippen molar-refractivity contribution in [3.63, 3.8) is 0 Å². The van der Waals surface area contributed by atoms with E-state index in [1.54, 1.807) is 12.1 Å². The summed E-state index contributed by atoms with van der Waals surface area (Å²) >= 11 is 0. The van der Waals surface area contributed by atoms with Crippen LogP contribution in [0.1, 0.15) is 22.4 Å². The SMILES string of the molecule is COc1cc(C)c(C)cc1S(=O)(=O)N1CCc2cnc(N3CCOCC3)nc2C1. The second-order valence-corrected chi connectivity index (χ2v) is 9.32. The van der Waals surface area contributed by atoms with E-state index in [0.29, 0.717) is 37.9 Å². The monoisotopic (exact) mass is 418 g/mol. The van der Waals surface area contributed by atoms with Crippen molar-refractivity contribution in [3.8, 4) is 5.75 Å². The van der Waals surface area contributed by atoms with Crippen molar-refractivity contribution >= 4 is 16.0 Å². The standard InChI is InChI=1S/C20H26N4O4S/c1-14-10-18(27-3)19(11-15(14)2)29(25,26)24-5-4-16-12-21-20(22-17(16)13-24)23-6-8-28-9-7-23/h10-12H,4-9,13H2,1-3H3. The minimum atomic E-state index is -3.71. The first-order valence-electron chi connectivity index (χ1n) is 9.73. The predicted octanol–water partition coefficient (Wildman–Crippen LogP) is 1.69. The van der Waals surface area contributed by atoms with Crippen LogP contribution < -0.4 is 9.64 Å². The molecular formula is C20H26N4O4S. The fourth-order valence-electron chi connectivity index (χ4n) is 3.65. The Morgan fingerprint density at radius 1 is 1.10 bits per heavy atom. The van der Waals surface area contributed by atoms with Crippen molar-refractivity contribution in [2.45, 2.75) is 31.7 Å². The fraction of sp³-hybridized carbons (Fsp3) is 0.500. The van der Waals surface area contributed by atoms with E-state index >= 15 is 0 Å². The number of aromatic nitrogens is 2. The Labute approximate surface area is 171 Å². The molecule has 0 saturated carbocycles. The number of nitrogens with zero attached hydrogens (tertiary/aromatic N) is 4. The Morgan fingerprint density at radius 2 is 1.83 bits per heavy atom. The zero-order valence-corrected chi connectivity index (χ0v) is 17.8. The van der Waals surface area contributed by atoms with Crippen LogP contribution in [0, 0.1) is 13.8 Å². The highest BCUT2D eigenvalue weighted by Gasteiger charge is 2.32. The van der Waals surface area contributed by atoms with Crippen LogP contribution in [0.4, 0.5) is 5.95 Å². The Bertz CT molecular complexity index is 1020. The Hall–Kier alpha value is -2.23. The number of anilines is 1. The molecule has 2 aliphatic heterocycles. The maximum atomic E-state index is 13.4. The molecular weight excluding hydrogens is 392 g/mol. The van der Waals surface area contributed by atoms with Gasteiger partial charge in [-0.25, -0.2) is 18.4 Å². The van der Waals surface area contributed by atoms with Gasteiger partial charge in [0.15, 0.2) is 0 Å². The van der Waals surface area contributed by atoms with Gasteiger partial charge in [-0.2, -0.15) is 4.31 Å². The molecule has 0 amide bonds. The van der Waals surface area contributed by atoms with Gasteiger partial charge in [0.2, 0.25) is 16.0 Å². The minimum absolute atomic E-state index is 0.203. The zero-order valence-electron chi connectivity index (χ0n) is 17.0. The molecule has 0 N–H and O–H groups in total. The lowest BCUT2D eigenvalue weighted by molar-refractivity contribution is 0.122. The van der Waals surface area contributed by atoms with E-state index in [-0.39, 0.29) is 11.4 Å². The lowest BCUT2D eigenvalue weighted by Crippen LogP contribution is -2.39. The van der Waals surface area contributed by atoms with E-state index in [4.69, 9.17) is 14.5 Å². The largest absolute Gasteiger partial charge is 0.495 e. The normalized spacial score (nSPS) is 17.8. The summed E-state index contributed by atoms with van der Waals surface area (Å²) < 4.78 is 39.1. The molecule has 2 aromatic rings. The first-order valence-corrected chi connectivity index (χ1v) is 11.2. The summed E-state index contributed by atoms with van der Waals surface area (Å²) in [5, 5.41) is 0. The maximum Gasteiger partial charge on any atom is 0.247 e. The number of hydrogen-bond acceptors (Lipinski definition) is 7. The number of hydrogen-bond donors (Lipinski definition) is 0. The summed E-state index contributed by atoms with van der Waals surface area (Å²) in [6.07, 6.45) is 2.42. The highest BCUT2D eigenvalue weighted by atomic mass is 32.2. The van der Waals surface area contributed by atoms with Crippen molar-refractivity contribution in [2.24, 2.45) is 0 Å². The summed E-state index contributed by atoms with van der Waals surface area (Å²) in [6, 6.07) is 3.47. The van der Waals surface area contributed by atoms with Gasteiger partial charge in [-0.3, -0.25) is 0 Å². The quantitative estimate of drug-likeness (QED) is 0.747. The molecule has 1 aromatic heterocycles. The summed E-state index contributed by atoms with van der Waals surface area (Å²) in [7, 11) is -2.21. The van der Waals surface area contributed by atoms with Gasteiger partial charge in [0, 0.05) is 25.8 Å². The third-order valence-electron chi connectivity index (χ3n) is 5.59. The highest BCUT2D eigenvalue weighted by molar-refractivity contribution is 7.89. The second kappa shape index (κ2) is 7.89. The van der Waals surface area contributed by atoms with Crippen LogP contribution >= 0.6 is 0 Å². The van der Waals surface area contributed by atoms with Crippen LogP contribution in [0.25, 0.3) is 0 Å². The molecule has 0 unspecified atom stereocenters. The number of ether oxygens (including phenoxy) is 2. The molecule has 156 valence electrons. The summed E-state index contributed by atoms with van der Waals surface area (Å²) in [4.78, 5) is 11.4. The number of aryl methyl sites for hydroxylation is 2. The van der Waals surface area contributed by atoms with Gasteiger partial charge in [0.05, 0.1) is 32.6 Å². The van der Waals surface area contributed by atoms with Gasteiger partial charge < -0.3 is 14.4 Å². The average Bonchev–Trinajstić information content (AvgIpc) is 2.75. The van der Waals surface area contributed by atoms with Crippen molar-refractivity contribution in [1.29, 1.82) is 0 Å². The topological polar surface area (TPSA) is 84.9 Å². The first-order chi connectivity index (χ1) is 13.9. The van der Waals surface area contributed by atoms with Crippen molar-refractivity contribution < 1.29 is 17.9 Å². The van der Waals surface area contributed by atoms with Gasteiger partial charge in [0.25, 0.3) is 0 Å². The van der Waals surface area contributed by atoms with Gasteiger partial charge >= 0.3 is 0 Å². The van der Waals surface area contributed by atoms with Crippen molar-refractivity contribution in [1.82, 2.24) is 14.3 Å². The number of sulfonamides is 1. The summed E-state index contributed by atoms with van der Waals surface area (Å²) in [5.74, 6) is 1.01. The third-order valence-corrected chi connectivity index (χ3v) is 7.46. The molecule has 0 aliphatic carbocycles. The van der Waals surface area contributed by atoms with Crippen LogP contribution in [-0.4, -0.2) is 62.6 Å². The van der Waals surface area contributed by atoms with E-state index in [1.807, 2.05) is 20.0 Å². The molecule has 0 bridgehead atoms. The smallest absolute Gasteiger partial charge is 0.247 e. The number of morpholine rings is 1. The molecule has 3 heterocycles. The van der Waals surface area contributed by atoms with Crippen molar-refractivity contribution in [2.75, 3.05) is 44.9 Å². The lowest BCUT2D eigenvalue weighted by atomic mass is 10.1. The Morgan fingerprint density at radius 3 is 2.55 bits per heavy atom.